The predicted octanol–water partition coefficient (Wildman–Crippen LogP) is 3.00. The van der Waals surface area contributed by atoms with Crippen molar-refractivity contribution >= 4 is 11.8 Å². The molecule has 1 aromatic heterocycles. The molecule has 0 spiro atoms. The van der Waals surface area contributed by atoms with E-state index in [0.29, 0.717) is 25.4 Å². The number of pyridine rings is 1. The maximum absolute atomic E-state index is 13.1. The molecule has 140 valence electrons. The molecule has 1 atom stereocenters. The van der Waals surface area contributed by atoms with E-state index in [2.05, 4.69) is 9.88 Å². The van der Waals surface area contributed by atoms with Gasteiger partial charge in [0.15, 0.2) is 0 Å². The summed E-state index contributed by atoms with van der Waals surface area (Å²) in [6, 6.07) is 4.10. The van der Waals surface area contributed by atoms with Gasteiger partial charge < -0.3 is 9.80 Å². The van der Waals surface area contributed by atoms with Crippen LogP contribution in [0.2, 0.25) is 0 Å². The van der Waals surface area contributed by atoms with Gasteiger partial charge in [0.2, 0.25) is 11.8 Å². The second kappa shape index (κ2) is 7.77. The molecule has 1 aliphatic heterocycles. The van der Waals surface area contributed by atoms with Gasteiger partial charge in [-0.15, -0.1) is 0 Å². The first-order valence-corrected chi connectivity index (χ1v) is 10.2. The summed E-state index contributed by atoms with van der Waals surface area (Å²) in [5.74, 6) is 1.37. The van der Waals surface area contributed by atoms with Gasteiger partial charge in [-0.2, -0.15) is 0 Å². The highest BCUT2D eigenvalue weighted by atomic mass is 16.2. The summed E-state index contributed by atoms with van der Waals surface area (Å²) < 4.78 is 0. The highest BCUT2D eigenvalue weighted by molar-refractivity contribution is 5.80. The Hall–Kier alpha value is -1.91. The molecular weight excluding hydrogens is 326 g/mol. The van der Waals surface area contributed by atoms with Crippen LogP contribution in [0.25, 0.3) is 0 Å². The number of carbonyl (C=O) groups excluding carboxylic acids is 2. The number of aromatic nitrogens is 1. The van der Waals surface area contributed by atoms with Gasteiger partial charge in [0.25, 0.3) is 0 Å². The molecular formula is C21H29N3O2. The standard InChI is InChI=1S/C21H29N3O2/c25-20(12-16-8-9-16)23-11-3-7-19(15-23)24(21(26)18-5-1-6-18)14-17-4-2-10-22-13-17/h2,4,10,13,16,18-19H,1,3,5-9,11-12,14-15H2. The fraction of sp³-hybridized carbons (Fsp3) is 0.667. The molecule has 5 heteroatoms. The fourth-order valence-electron chi connectivity index (χ4n) is 4.10. The predicted molar refractivity (Wildman–Crippen MR) is 99.1 cm³/mol. The molecule has 5 nitrogen and oxygen atoms in total. The van der Waals surface area contributed by atoms with Gasteiger partial charge >= 0.3 is 0 Å². The van der Waals surface area contributed by atoms with Gasteiger partial charge in [0.1, 0.15) is 0 Å². The topological polar surface area (TPSA) is 53.5 Å². The van der Waals surface area contributed by atoms with Crippen molar-refractivity contribution in [3.05, 3.63) is 30.1 Å². The first-order valence-electron chi connectivity index (χ1n) is 10.2. The SMILES string of the molecule is O=C(CC1CC1)N1CCCC(N(Cc2cccnc2)C(=O)C2CCC2)C1. The molecule has 0 aromatic carbocycles. The Labute approximate surface area is 155 Å². The zero-order chi connectivity index (χ0) is 17.9. The zero-order valence-electron chi connectivity index (χ0n) is 15.5. The average Bonchev–Trinajstić information content (AvgIpc) is 3.43. The summed E-state index contributed by atoms with van der Waals surface area (Å²) in [5, 5.41) is 0. The van der Waals surface area contributed by atoms with Crippen LogP contribution in [-0.4, -0.2) is 45.7 Å². The Morgan fingerprint density at radius 3 is 2.65 bits per heavy atom. The minimum absolute atomic E-state index is 0.139. The lowest BCUT2D eigenvalue weighted by Crippen LogP contribution is -2.53. The Kier molecular flexibility index (Phi) is 5.23. The summed E-state index contributed by atoms with van der Waals surface area (Å²) in [7, 11) is 0. The summed E-state index contributed by atoms with van der Waals surface area (Å²) in [6.45, 7) is 2.16. The summed E-state index contributed by atoms with van der Waals surface area (Å²) in [5.41, 5.74) is 1.07. The monoisotopic (exact) mass is 355 g/mol. The van der Waals surface area contributed by atoms with Gasteiger partial charge in [-0.05, 0) is 56.1 Å². The number of carbonyl (C=O) groups is 2. The van der Waals surface area contributed by atoms with Gasteiger partial charge in [0.05, 0.1) is 0 Å². The fourth-order valence-corrected chi connectivity index (χ4v) is 4.10. The number of piperidine rings is 1. The average molecular weight is 355 g/mol. The third-order valence-electron chi connectivity index (χ3n) is 6.16. The molecule has 0 bridgehead atoms. The van der Waals surface area contributed by atoms with Crippen molar-refractivity contribution < 1.29 is 9.59 Å². The number of rotatable bonds is 6. The van der Waals surface area contributed by atoms with Crippen molar-refractivity contribution in [1.29, 1.82) is 0 Å². The second-order valence-corrected chi connectivity index (χ2v) is 8.24. The molecule has 0 radical (unpaired) electrons. The zero-order valence-corrected chi connectivity index (χ0v) is 15.5. The van der Waals surface area contributed by atoms with E-state index in [1.165, 1.54) is 12.8 Å². The molecule has 3 aliphatic rings. The molecule has 3 fully saturated rings. The number of hydrogen-bond donors (Lipinski definition) is 0. The van der Waals surface area contributed by atoms with Crippen LogP contribution in [-0.2, 0) is 16.1 Å². The lowest BCUT2D eigenvalue weighted by atomic mass is 9.83. The van der Waals surface area contributed by atoms with Crippen molar-refractivity contribution in [2.45, 2.75) is 64.0 Å². The van der Waals surface area contributed by atoms with Gasteiger partial charge in [-0.1, -0.05) is 12.5 Å². The number of likely N-dealkylation sites (tertiary alicyclic amines) is 1. The van der Waals surface area contributed by atoms with E-state index in [9.17, 15) is 9.59 Å². The highest BCUT2D eigenvalue weighted by Gasteiger charge is 2.36. The largest absolute Gasteiger partial charge is 0.341 e. The highest BCUT2D eigenvalue weighted by Crippen LogP contribution is 2.34. The summed E-state index contributed by atoms with van der Waals surface area (Å²) in [4.78, 5) is 33.9. The first-order chi connectivity index (χ1) is 12.7. The minimum Gasteiger partial charge on any atom is -0.341 e. The van der Waals surface area contributed by atoms with Gasteiger partial charge in [-0.25, -0.2) is 0 Å². The molecule has 4 rings (SSSR count). The Bertz CT molecular complexity index is 640. The van der Waals surface area contributed by atoms with Crippen LogP contribution in [0.5, 0.6) is 0 Å². The van der Waals surface area contributed by atoms with Crippen LogP contribution in [0.4, 0.5) is 0 Å². The lowest BCUT2D eigenvalue weighted by molar-refractivity contribution is -0.145. The smallest absolute Gasteiger partial charge is 0.226 e. The van der Waals surface area contributed by atoms with Crippen molar-refractivity contribution in [3.63, 3.8) is 0 Å². The maximum atomic E-state index is 13.1. The van der Waals surface area contributed by atoms with Crippen LogP contribution in [0.15, 0.2) is 24.5 Å². The summed E-state index contributed by atoms with van der Waals surface area (Å²) in [6.07, 6.45) is 11.9. The van der Waals surface area contributed by atoms with Crippen molar-refractivity contribution in [2.24, 2.45) is 11.8 Å². The molecule has 1 unspecified atom stereocenters. The minimum atomic E-state index is 0.139. The molecule has 2 heterocycles. The van der Waals surface area contributed by atoms with Crippen LogP contribution in [0, 0.1) is 11.8 Å². The van der Waals surface area contributed by atoms with Crippen LogP contribution < -0.4 is 0 Å². The van der Waals surface area contributed by atoms with E-state index in [1.807, 2.05) is 23.2 Å². The lowest BCUT2D eigenvalue weighted by Gasteiger charge is -2.42. The molecule has 1 aromatic rings. The third kappa shape index (κ3) is 4.08. The van der Waals surface area contributed by atoms with Crippen LogP contribution >= 0.6 is 0 Å². The van der Waals surface area contributed by atoms with Gasteiger partial charge in [-0.3, -0.25) is 14.6 Å². The van der Waals surface area contributed by atoms with E-state index in [1.54, 1.807) is 6.20 Å². The quantitative estimate of drug-likeness (QED) is 0.788. The molecule has 2 aliphatic carbocycles. The summed E-state index contributed by atoms with van der Waals surface area (Å²) >= 11 is 0. The Morgan fingerprint density at radius 2 is 2.00 bits per heavy atom. The van der Waals surface area contributed by atoms with Crippen molar-refractivity contribution in [3.8, 4) is 0 Å². The molecule has 0 N–H and O–H groups in total. The van der Waals surface area contributed by atoms with E-state index < -0.39 is 0 Å². The maximum Gasteiger partial charge on any atom is 0.226 e. The van der Waals surface area contributed by atoms with Crippen LogP contribution in [0.3, 0.4) is 0 Å². The first kappa shape index (κ1) is 17.5. The van der Waals surface area contributed by atoms with E-state index in [0.717, 1.165) is 44.2 Å². The second-order valence-electron chi connectivity index (χ2n) is 8.24. The van der Waals surface area contributed by atoms with E-state index >= 15 is 0 Å². The molecule has 1 saturated heterocycles. The van der Waals surface area contributed by atoms with E-state index in [-0.39, 0.29) is 23.8 Å². The molecule has 26 heavy (non-hydrogen) atoms. The number of hydrogen-bond acceptors (Lipinski definition) is 3. The normalized spacial score (nSPS) is 23.4. The Balaban J connectivity index is 1.46. The molecule has 2 amide bonds. The van der Waals surface area contributed by atoms with E-state index in [4.69, 9.17) is 0 Å². The molecule has 2 saturated carbocycles. The Morgan fingerprint density at radius 1 is 1.15 bits per heavy atom. The number of amides is 2. The van der Waals surface area contributed by atoms with Crippen molar-refractivity contribution in [2.75, 3.05) is 13.1 Å². The third-order valence-corrected chi connectivity index (χ3v) is 6.16. The van der Waals surface area contributed by atoms with Crippen LogP contribution in [0.1, 0.15) is 56.9 Å². The van der Waals surface area contributed by atoms with Gasteiger partial charge in [0, 0.05) is 50.4 Å². The van der Waals surface area contributed by atoms with Crippen molar-refractivity contribution in [1.82, 2.24) is 14.8 Å². The number of nitrogens with zero attached hydrogens (tertiary/aromatic N) is 3.